The van der Waals surface area contributed by atoms with Crippen molar-refractivity contribution >= 4 is 29.2 Å². The molecule has 4 aromatic rings. The minimum Gasteiger partial charge on any atom is -0.497 e. The Bertz CT molecular complexity index is 1310. The van der Waals surface area contributed by atoms with Crippen LogP contribution in [0.2, 0.25) is 0 Å². The first kappa shape index (κ1) is 23.0. The molecule has 5 rings (SSSR count). The average Bonchev–Trinajstić information content (AvgIpc) is 3.35. The fraction of sp³-hybridized carbons (Fsp3) is 0.222. The summed E-state index contributed by atoms with van der Waals surface area (Å²) in [4.78, 5) is 35.2. The number of methoxy groups -OCH3 is 1. The van der Waals surface area contributed by atoms with E-state index in [9.17, 15) is 9.59 Å². The van der Waals surface area contributed by atoms with E-state index in [0.717, 1.165) is 22.0 Å². The topological polar surface area (TPSA) is 67.2 Å². The Morgan fingerprint density at radius 2 is 1.60 bits per heavy atom. The molecule has 3 heterocycles. The van der Waals surface area contributed by atoms with Gasteiger partial charge in [-0.3, -0.25) is 9.59 Å². The van der Waals surface area contributed by atoms with Crippen molar-refractivity contribution in [3.63, 3.8) is 0 Å². The van der Waals surface area contributed by atoms with Gasteiger partial charge in [0.25, 0.3) is 11.8 Å². The number of imidazole rings is 1. The molecule has 0 atom stereocenters. The second-order valence-corrected chi connectivity index (χ2v) is 9.38. The van der Waals surface area contributed by atoms with E-state index >= 15 is 0 Å². The lowest BCUT2D eigenvalue weighted by Gasteiger charge is -2.35. The van der Waals surface area contributed by atoms with Gasteiger partial charge in [-0.15, -0.1) is 11.8 Å². The molecule has 0 saturated carbocycles. The first-order chi connectivity index (χ1) is 17.1. The second kappa shape index (κ2) is 10.2. The number of carbonyl (C=O) groups is 2. The molecule has 1 aliphatic heterocycles. The van der Waals surface area contributed by atoms with Gasteiger partial charge in [0.1, 0.15) is 11.4 Å². The van der Waals surface area contributed by atoms with E-state index in [-0.39, 0.29) is 11.8 Å². The average molecular weight is 487 g/mol. The first-order valence-electron chi connectivity index (χ1n) is 11.5. The molecule has 0 spiro atoms. The van der Waals surface area contributed by atoms with Crippen molar-refractivity contribution in [2.45, 2.75) is 10.6 Å². The lowest BCUT2D eigenvalue weighted by atomic mass is 10.1. The van der Waals surface area contributed by atoms with Gasteiger partial charge in [0.05, 0.1) is 12.8 Å². The van der Waals surface area contributed by atoms with Crippen molar-refractivity contribution in [2.75, 3.05) is 33.3 Å². The molecule has 1 aliphatic rings. The molecule has 1 saturated heterocycles. The van der Waals surface area contributed by atoms with Gasteiger partial charge < -0.3 is 18.9 Å². The highest BCUT2D eigenvalue weighted by Gasteiger charge is 2.25. The predicted molar refractivity (Wildman–Crippen MR) is 136 cm³/mol. The summed E-state index contributed by atoms with van der Waals surface area (Å²) in [5.74, 6) is 1.38. The first-order valence-corrected chi connectivity index (χ1v) is 12.5. The number of aromatic nitrogens is 2. The van der Waals surface area contributed by atoms with E-state index in [0.29, 0.717) is 43.1 Å². The van der Waals surface area contributed by atoms with Crippen molar-refractivity contribution in [1.82, 2.24) is 19.2 Å². The number of hydrogen-bond acceptors (Lipinski definition) is 5. The third-order valence-electron chi connectivity index (χ3n) is 6.07. The molecule has 8 heteroatoms. The summed E-state index contributed by atoms with van der Waals surface area (Å²) >= 11 is 1.69. The number of thioether (sulfide) groups is 1. The monoisotopic (exact) mass is 486 g/mol. The molecule has 7 nitrogen and oxygen atoms in total. The maximum absolute atomic E-state index is 13.0. The Morgan fingerprint density at radius 1 is 0.886 bits per heavy atom. The summed E-state index contributed by atoms with van der Waals surface area (Å²) in [7, 11) is 1.58. The third kappa shape index (κ3) is 5.17. The highest BCUT2D eigenvalue weighted by molar-refractivity contribution is 7.98. The van der Waals surface area contributed by atoms with E-state index in [1.165, 1.54) is 0 Å². The van der Waals surface area contributed by atoms with Gasteiger partial charge in [-0.1, -0.05) is 12.1 Å². The lowest BCUT2D eigenvalue weighted by Crippen LogP contribution is -2.50. The van der Waals surface area contributed by atoms with Gasteiger partial charge in [0.15, 0.2) is 0 Å². The molecule has 2 aromatic carbocycles. The van der Waals surface area contributed by atoms with E-state index in [2.05, 4.69) is 4.98 Å². The highest BCUT2D eigenvalue weighted by atomic mass is 32.2. The van der Waals surface area contributed by atoms with Gasteiger partial charge in [-0.05, 0) is 54.6 Å². The SMILES string of the molecule is COc1cccc(C(=O)N2CCN(C(=O)c3ccc(SCc4cn5ccccc5n4)cc3)CC2)c1. The van der Waals surface area contributed by atoms with Crippen LogP contribution < -0.4 is 4.74 Å². The van der Waals surface area contributed by atoms with Crippen LogP contribution in [0, 0.1) is 0 Å². The summed E-state index contributed by atoms with van der Waals surface area (Å²) < 4.78 is 7.23. The zero-order valence-electron chi connectivity index (χ0n) is 19.5. The molecule has 0 bridgehead atoms. The van der Waals surface area contributed by atoms with Crippen LogP contribution in [-0.2, 0) is 5.75 Å². The number of benzene rings is 2. The number of carbonyl (C=O) groups excluding carboxylic acids is 2. The van der Waals surface area contributed by atoms with Crippen LogP contribution in [0.15, 0.2) is 84.0 Å². The fourth-order valence-corrected chi connectivity index (χ4v) is 4.92. The van der Waals surface area contributed by atoms with Crippen molar-refractivity contribution < 1.29 is 14.3 Å². The van der Waals surface area contributed by atoms with Crippen LogP contribution in [0.1, 0.15) is 26.4 Å². The molecule has 0 unspecified atom stereocenters. The number of nitrogens with zero attached hydrogens (tertiary/aromatic N) is 4. The van der Waals surface area contributed by atoms with Gasteiger partial charge in [-0.2, -0.15) is 0 Å². The zero-order chi connectivity index (χ0) is 24.2. The smallest absolute Gasteiger partial charge is 0.254 e. The van der Waals surface area contributed by atoms with Gasteiger partial charge in [0.2, 0.25) is 0 Å². The molecule has 0 N–H and O–H groups in total. The number of amides is 2. The van der Waals surface area contributed by atoms with E-state index in [1.807, 2.05) is 76.3 Å². The number of fused-ring (bicyclic) bond motifs is 1. The van der Waals surface area contributed by atoms with Gasteiger partial charge >= 0.3 is 0 Å². The summed E-state index contributed by atoms with van der Waals surface area (Å²) in [6.07, 6.45) is 4.03. The largest absolute Gasteiger partial charge is 0.497 e. The molecule has 0 aliphatic carbocycles. The van der Waals surface area contributed by atoms with E-state index in [4.69, 9.17) is 4.74 Å². The van der Waals surface area contributed by atoms with Crippen molar-refractivity contribution in [2.24, 2.45) is 0 Å². The summed E-state index contributed by atoms with van der Waals surface area (Å²) in [6, 6.07) is 20.8. The van der Waals surface area contributed by atoms with Crippen molar-refractivity contribution in [3.8, 4) is 5.75 Å². The van der Waals surface area contributed by atoms with Crippen LogP contribution in [0.5, 0.6) is 5.75 Å². The molecular formula is C27H26N4O3S. The number of hydrogen-bond donors (Lipinski definition) is 0. The van der Waals surface area contributed by atoms with Crippen LogP contribution in [0.4, 0.5) is 0 Å². The van der Waals surface area contributed by atoms with E-state index in [1.54, 1.807) is 35.9 Å². The Morgan fingerprint density at radius 3 is 2.29 bits per heavy atom. The Hall–Kier alpha value is -3.78. The molecule has 0 radical (unpaired) electrons. The molecular weight excluding hydrogens is 460 g/mol. The van der Waals surface area contributed by atoms with Crippen LogP contribution >= 0.6 is 11.8 Å². The molecule has 178 valence electrons. The van der Waals surface area contributed by atoms with Gasteiger partial charge in [0, 0.05) is 60.3 Å². The van der Waals surface area contributed by atoms with E-state index < -0.39 is 0 Å². The number of pyridine rings is 1. The quantitative estimate of drug-likeness (QED) is 0.382. The molecule has 35 heavy (non-hydrogen) atoms. The predicted octanol–water partition coefficient (Wildman–Crippen LogP) is 4.23. The maximum Gasteiger partial charge on any atom is 0.254 e. The number of ether oxygens (including phenoxy) is 1. The normalized spacial score (nSPS) is 13.7. The highest BCUT2D eigenvalue weighted by Crippen LogP contribution is 2.24. The molecule has 2 aromatic heterocycles. The van der Waals surface area contributed by atoms with Gasteiger partial charge in [-0.25, -0.2) is 4.98 Å². The number of rotatable bonds is 6. The number of piperazine rings is 1. The minimum atomic E-state index is -0.0389. The standard InChI is InChI=1S/C27H26N4O3S/c1-34-23-6-4-5-21(17-23)27(33)30-15-13-29(14-16-30)26(32)20-8-10-24(11-9-20)35-19-22-18-31-12-3-2-7-25(31)28-22/h2-12,17-18H,13-16,19H2,1H3. The summed E-state index contributed by atoms with van der Waals surface area (Å²) in [5.41, 5.74) is 3.22. The lowest BCUT2D eigenvalue weighted by molar-refractivity contribution is 0.0535. The molecule has 1 fully saturated rings. The molecule has 2 amide bonds. The van der Waals surface area contributed by atoms with Crippen LogP contribution in [0.25, 0.3) is 5.65 Å². The van der Waals surface area contributed by atoms with Crippen molar-refractivity contribution in [3.05, 3.63) is 95.9 Å². The second-order valence-electron chi connectivity index (χ2n) is 8.33. The summed E-state index contributed by atoms with van der Waals surface area (Å²) in [5, 5.41) is 0. The van der Waals surface area contributed by atoms with Crippen LogP contribution in [-0.4, -0.2) is 64.3 Å². The Kier molecular flexibility index (Phi) is 6.72. The Balaban J connectivity index is 1.14. The third-order valence-corrected chi connectivity index (χ3v) is 7.12. The zero-order valence-corrected chi connectivity index (χ0v) is 20.3. The summed E-state index contributed by atoms with van der Waals surface area (Å²) in [6.45, 7) is 2.04. The van der Waals surface area contributed by atoms with Crippen LogP contribution in [0.3, 0.4) is 0 Å². The fourth-order valence-electron chi connectivity index (χ4n) is 4.14. The Labute approximate surface area is 208 Å². The minimum absolute atomic E-state index is 0.00428. The van der Waals surface area contributed by atoms with Crippen molar-refractivity contribution in [1.29, 1.82) is 0 Å². The maximum atomic E-state index is 13.0.